The van der Waals surface area contributed by atoms with Crippen LogP contribution in [-0.4, -0.2) is 47.8 Å². The second-order valence-corrected chi connectivity index (χ2v) is 7.48. The Labute approximate surface area is 172 Å². The molecule has 2 N–H and O–H groups in total. The van der Waals surface area contributed by atoms with Crippen LogP contribution < -0.4 is 0 Å². The molecule has 0 radical (unpaired) electrons. The van der Waals surface area contributed by atoms with E-state index in [4.69, 9.17) is 42.1 Å². The number of ether oxygens (including phenoxy) is 4. The number of fused-ring (bicyclic) bond motifs is 2. The van der Waals surface area contributed by atoms with Crippen molar-refractivity contribution in [2.45, 2.75) is 37.0 Å². The number of halogens is 2. The lowest BCUT2D eigenvalue weighted by molar-refractivity contribution is -0.249. The Bertz CT molecular complexity index is 817. The third-order valence-corrected chi connectivity index (χ3v) is 5.56. The average Bonchev–Trinajstić information content (AvgIpc) is 2.94. The average molecular weight is 427 g/mol. The summed E-state index contributed by atoms with van der Waals surface area (Å²) in [5, 5.41) is 21.7. The fraction of sp³-hybridized carbons (Fsp3) is 0.400. The minimum atomic E-state index is -1.07. The first kappa shape index (κ1) is 20.1. The molecule has 2 aromatic carbocycles. The summed E-state index contributed by atoms with van der Waals surface area (Å²) in [7, 11) is 0. The summed E-state index contributed by atoms with van der Waals surface area (Å²) in [5.41, 5.74) is 1.23. The Hall–Kier alpha value is -1.22. The number of rotatable bonds is 3. The van der Waals surface area contributed by atoms with E-state index in [1.54, 1.807) is 36.4 Å². The molecular weight excluding hydrogens is 407 g/mol. The number of aliphatic hydroxyl groups excluding tert-OH is 2. The number of aliphatic hydroxyl groups is 2. The predicted molar refractivity (Wildman–Crippen MR) is 102 cm³/mol. The minimum absolute atomic E-state index is 0.0516. The van der Waals surface area contributed by atoms with Crippen LogP contribution >= 0.6 is 23.2 Å². The van der Waals surface area contributed by atoms with Crippen LogP contribution in [0.25, 0.3) is 0 Å². The standard InChI is InChI=1S/C20H20Cl2O6/c21-13-7-3-1-5-11(13)19-25-10-16-17(24)18(28-19)15(9-23)26-20(27-16)12-6-2-4-8-14(12)22/h1-8,15-20,23-24H,9-10H2/t15-,16+,17-,18-,19?,20?/m1/s1. The molecule has 8 heteroatoms. The lowest BCUT2D eigenvalue weighted by Crippen LogP contribution is -2.45. The van der Waals surface area contributed by atoms with Crippen LogP contribution in [0.4, 0.5) is 0 Å². The van der Waals surface area contributed by atoms with E-state index in [1.807, 2.05) is 12.1 Å². The van der Waals surface area contributed by atoms with E-state index >= 15 is 0 Å². The summed E-state index contributed by atoms with van der Waals surface area (Å²) in [6, 6.07) is 14.2. The van der Waals surface area contributed by atoms with Gasteiger partial charge in [-0.2, -0.15) is 0 Å². The third kappa shape index (κ3) is 3.92. The molecule has 4 rings (SSSR count). The van der Waals surface area contributed by atoms with Crippen molar-refractivity contribution >= 4 is 23.2 Å². The first-order valence-corrected chi connectivity index (χ1v) is 9.70. The predicted octanol–water partition coefficient (Wildman–Crippen LogP) is 3.24. The van der Waals surface area contributed by atoms with Crippen LogP contribution in [0, 0.1) is 0 Å². The topological polar surface area (TPSA) is 77.4 Å². The molecule has 6 nitrogen and oxygen atoms in total. The van der Waals surface area contributed by atoms with Gasteiger partial charge in [0, 0.05) is 21.2 Å². The Morgan fingerprint density at radius 3 is 2.07 bits per heavy atom. The van der Waals surface area contributed by atoms with Crippen molar-refractivity contribution < 1.29 is 29.2 Å². The zero-order valence-electron chi connectivity index (χ0n) is 14.8. The third-order valence-electron chi connectivity index (χ3n) is 4.87. The summed E-state index contributed by atoms with van der Waals surface area (Å²) in [4.78, 5) is 0. The lowest BCUT2D eigenvalue weighted by Gasteiger charge is -2.29. The van der Waals surface area contributed by atoms with Crippen molar-refractivity contribution in [1.82, 2.24) is 0 Å². The molecule has 150 valence electrons. The van der Waals surface area contributed by atoms with Gasteiger partial charge in [0.1, 0.15) is 24.4 Å². The van der Waals surface area contributed by atoms with Gasteiger partial charge in [-0.05, 0) is 12.1 Å². The molecule has 28 heavy (non-hydrogen) atoms. The van der Waals surface area contributed by atoms with E-state index in [2.05, 4.69) is 0 Å². The van der Waals surface area contributed by atoms with E-state index in [-0.39, 0.29) is 13.2 Å². The van der Waals surface area contributed by atoms with Crippen LogP contribution in [0.15, 0.2) is 48.5 Å². The molecule has 0 amide bonds. The molecule has 0 saturated carbocycles. The van der Waals surface area contributed by atoms with Crippen molar-refractivity contribution in [3.8, 4) is 0 Å². The molecule has 2 unspecified atom stereocenters. The maximum Gasteiger partial charge on any atom is 0.186 e. The molecule has 0 aliphatic carbocycles. The van der Waals surface area contributed by atoms with E-state index < -0.39 is 37.0 Å². The Kier molecular flexibility index (Phi) is 6.20. The van der Waals surface area contributed by atoms with Crippen molar-refractivity contribution in [1.29, 1.82) is 0 Å². The first-order valence-electron chi connectivity index (χ1n) is 8.94. The minimum Gasteiger partial charge on any atom is -0.394 e. The monoisotopic (exact) mass is 426 g/mol. The molecule has 2 saturated heterocycles. The van der Waals surface area contributed by atoms with E-state index in [0.717, 1.165) is 0 Å². The molecule has 2 fully saturated rings. The number of hydrogen-bond donors (Lipinski definition) is 2. The summed E-state index contributed by atoms with van der Waals surface area (Å²) in [6.45, 7) is -0.329. The zero-order chi connectivity index (χ0) is 19.7. The highest BCUT2D eigenvalue weighted by atomic mass is 35.5. The molecular formula is C20H20Cl2O6. The lowest BCUT2D eigenvalue weighted by atomic mass is 10.0. The van der Waals surface area contributed by atoms with Gasteiger partial charge in [0.2, 0.25) is 0 Å². The zero-order valence-corrected chi connectivity index (χ0v) is 16.3. The largest absolute Gasteiger partial charge is 0.394 e. The molecule has 2 aliphatic rings. The second-order valence-electron chi connectivity index (χ2n) is 6.66. The molecule has 2 bridgehead atoms. The molecule has 2 heterocycles. The van der Waals surface area contributed by atoms with Crippen LogP contribution in [0.2, 0.25) is 10.0 Å². The highest BCUT2D eigenvalue weighted by Crippen LogP contribution is 2.39. The van der Waals surface area contributed by atoms with Crippen molar-refractivity contribution in [3.63, 3.8) is 0 Å². The fourth-order valence-electron chi connectivity index (χ4n) is 3.40. The maximum absolute atomic E-state index is 10.8. The van der Waals surface area contributed by atoms with Gasteiger partial charge in [0.15, 0.2) is 12.6 Å². The number of benzene rings is 2. The highest BCUT2D eigenvalue weighted by molar-refractivity contribution is 6.31. The van der Waals surface area contributed by atoms with Gasteiger partial charge >= 0.3 is 0 Å². The van der Waals surface area contributed by atoms with Gasteiger partial charge in [-0.15, -0.1) is 0 Å². The van der Waals surface area contributed by atoms with E-state index in [0.29, 0.717) is 21.2 Å². The second kappa shape index (κ2) is 8.65. The quantitative estimate of drug-likeness (QED) is 0.784. The summed E-state index contributed by atoms with van der Waals surface area (Å²) < 4.78 is 23.8. The molecule has 0 spiro atoms. The van der Waals surface area contributed by atoms with Gasteiger partial charge in [-0.3, -0.25) is 0 Å². The van der Waals surface area contributed by atoms with Gasteiger partial charge in [-0.25, -0.2) is 0 Å². The van der Waals surface area contributed by atoms with Crippen molar-refractivity contribution in [3.05, 3.63) is 69.7 Å². The maximum atomic E-state index is 10.8. The van der Waals surface area contributed by atoms with Crippen LogP contribution in [-0.2, 0) is 18.9 Å². The normalized spacial score (nSPS) is 33.1. The highest BCUT2D eigenvalue weighted by Gasteiger charge is 2.46. The summed E-state index contributed by atoms with van der Waals surface area (Å²) >= 11 is 12.5. The summed E-state index contributed by atoms with van der Waals surface area (Å²) in [6.07, 6.45) is -5.25. The van der Waals surface area contributed by atoms with Gasteiger partial charge in [0.25, 0.3) is 0 Å². The first-order chi connectivity index (χ1) is 13.6. The van der Waals surface area contributed by atoms with Crippen LogP contribution in [0.1, 0.15) is 23.7 Å². The van der Waals surface area contributed by atoms with E-state index in [1.165, 1.54) is 0 Å². The molecule has 2 aromatic rings. The van der Waals surface area contributed by atoms with Gasteiger partial charge in [-0.1, -0.05) is 59.6 Å². The Morgan fingerprint density at radius 2 is 1.46 bits per heavy atom. The van der Waals surface area contributed by atoms with Gasteiger partial charge in [0.05, 0.1) is 13.2 Å². The van der Waals surface area contributed by atoms with E-state index in [9.17, 15) is 10.2 Å². The smallest absolute Gasteiger partial charge is 0.186 e. The molecule has 6 atom stereocenters. The van der Waals surface area contributed by atoms with Crippen LogP contribution in [0.3, 0.4) is 0 Å². The van der Waals surface area contributed by atoms with Crippen molar-refractivity contribution in [2.24, 2.45) is 0 Å². The number of hydrogen-bond acceptors (Lipinski definition) is 6. The molecule has 0 aromatic heterocycles. The molecule has 2 aliphatic heterocycles. The SMILES string of the molecule is OC[C@H]1OC(c2ccccc2Cl)O[C@H]2COC(c3ccccc3Cl)O[C@H]1[C@@H]2O. The van der Waals surface area contributed by atoms with Crippen LogP contribution in [0.5, 0.6) is 0 Å². The fourth-order valence-corrected chi connectivity index (χ4v) is 3.85. The Balaban J connectivity index is 1.64. The summed E-state index contributed by atoms with van der Waals surface area (Å²) in [5.74, 6) is 0. The van der Waals surface area contributed by atoms with Gasteiger partial charge < -0.3 is 29.2 Å². The Morgan fingerprint density at radius 1 is 0.857 bits per heavy atom. The van der Waals surface area contributed by atoms with Crippen molar-refractivity contribution in [2.75, 3.05) is 13.2 Å².